The highest BCUT2D eigenvalue weighted by Crippen LogP contribution is 2.52. The average molecular weight is 305 g/mol. The van der Waals surface area contributed by atoms with Gasteiger partial charge in [0.25, 0.3) is 5.91 Å². The summed E-state index contributed by atoms with van der Waals surface area (Å²) in [6.45, 7) is 3.73. The van der Waals surface area contributed by atoms with Crippen molar-refractivity contribution in [3.05, 3.63) is 23.6 Å². The Bertz CT molecular complexity index is 535. The average Bonchev–Trinajstić information content (AvgIpc) is 3.04. The molecule has 1 heterocycles. The van der Waals surface area contributed by atoms with Gasteiger partial charge in [0.1, 0.15) is 10.4 Å². The van der Waals surface area contributed by atoms with Gasteiger partial charge in [-0.2, -0.15) is 13.2 Å². The Labute approximate surface area is 117 Å². The van der Waals surface area contributed by atoms with Gasteiger partial charge in [-0.25, -0.2) is 0 Å². The number of hydrogen-bond acceptors (Lipinski definition) is 4. The summed E-state index contributed by atoms with van der Waals surface area (Å²) in [7, 11) is 0. The molecule has 0 aromatic carbocycles. The third kappa shape index (κ3) is 2.74. The van der Waals surface area contributed by atoms with Crippen LogP contribution in [0.25, 0.3) is 0 Å². The summed E-state index contributed by atoms with van der Waals surface area (Å²) in [6.07, 6.45) is -2.74. The van der Waals surface area contributed by atoms with Crippen LogP contribution in [-0.2, 0) is 0 Å². The van der Waals surface area contributed by atoms with Crippen LogP contribution in [-0.4, -0.2) is 24.2 Å². The summed E-state index contributed by atoms with van der Waals surface area (Å²) >= 11 is 0.919. The van der Waals surface area contributed by atoms with E-state index in [1.165, 1.54) is 12.1 Å². The maximum absolute atomic E-state index is 12.8. The first-order chi connectivity index (χ1) is 9.29. The minimum absolute atomic E-state index is 0.0340. The second-order valence-corrected chi connectivity index (χ2v) is 5.65. The molecule has 1 saturated carbocycles. The van der Waals surface area contributed by atoms with Crippen molar-refractivity contribution in [1.82, 2.24) is 5.32 Å². The lowest BCUT2D eigenvalue weighted by atomic mass is 10.2. The molecular weight excluding hydrogens is 291 g/mol. The highest BCUT2D eigenvalue weighted by Gasteiger charge is 2.63. The molecule has 0 saturated heterocycles. The number of carbonyl (C=O) groups is 1. The molecule has 1 aromatic rings. The smallest absolute Gasteiger partial charge is 0.397 e. The Hall–Kier alpha value is -1.70. The number of nitrogens with two attached hydrogens (primary N) is 1. The van der Waals surface area contributed by atoms with Crippen LogP contribution in [0.3, 0.4) is 0 Å². The number of rotatable bonds is 5. The molecule has 1 aromatic heterocycles. The molecule has 2 rings (SSSR count). The summed E-state index contributed by atoms with van der Waals surface area (Å²) in [5.74, 6) is -0.419. The second kappa shape index (κ2) is 5.01. The molecule has 1 fully saturated rings. The van der Waals surface area contributed by atoms with Gasteiger partial charge in [0.15, 0.2) is 0 Å². The van der Waals surface area contributed by atoms with Crippen LogP contribution >= 0.6 is 11.3 Å². The van der Waals surface area contributed by atoms with Crippen molar-refractivity contribution < 1.29 is 18.0 Å². The van der Waals surface area contributed by atoms with Gasteiger partial charge < -0.3 is 16.4 Å². The molecular formula is C12H14F3N3OS. The van der Waals surface area contributed by atoms with Crippen molar-refractivity contribution in [2.75, 3.05) is 17.6 Å². The predicted octanol–water partition coefficient (Wildman–Crippen LogP) is 2.75. The molecule has 1 aliphatic rings. The molecule has 4 N–H and O–H groups in total. The molecule has 20 heavy (non-hydrogen) atoms. The fourth-order valence-electron chi connectivity index (χ4n) is 1.73. The maximum atomic E-state index is 12.8. The SMILES string of the molecule is C=CCNC(=O)c1sc(NC2(C(F)(F)F)CC2)cc1N. The van der Waals surface area contributed by atoms with E-state index in [0.29, 0.717) is 0 Å². The third-order valence-corrected chi connectivity index (χ3v) is 4.09. The Morgan fingerprint density at radius 3 is 2.70 bits per heavy atom. The summed E-state index contributed by atoms with van der Waals surface area (Å²) in [6, 6.07) is 1.36. The van der Waals surface area contributed by atoms with Gasteiger partial charge in [-0.1, -0.05) is 6.08 Å². The molecule has 0 spiro atoms. The molecule has 8 heteroatoms. The van der Waals surface area contributed by atoms with Crippen LogP contribution in [0.5, 0.6) is 0 Å². The fraction of sp³-hybridized carbons (Fsp3) is 0.417. The van der Waals surface area contributed by atoms with Gasteiger partial charge in [-0.05, 0) is 18.9 Å². The Morgan fingerprint density at radius 1 is 1.55 bits per heavy atom. The molecule has 0 atom stereocenters. The first-order valence-corrected chi connectivity index (χ1v) is 6.74. The number of nitrogens with one attached hydrogen (secondary N) is 2. The number of anilines is 2. The van der Waals surface area contributed by atoms with Gasteiger partial charge in [-0.15, -0.1) is 17.9 Å². The summed E-state index contributed by atoms with van der Waals surface area (Å²) in [4.78, 5) is 11.9. The normalized spacial score (nSPS) is 16.6. The van der Waals surface area contributed by atoms with Crippen LogP contribution in [0.2, 0.25) is 0 Å². The fourth-order valence-corrected chi connectivity index (χ4v) is 2.72. The third-order valence-electron chi connectivity index (χ3n) is 3.03. The number of hydrogen-bond donors (Lipinski definition) is 3. The number of nitrogen functional groups attached to an aromatic ring is 1. The molecule has 110 valence electrons. The molecule has 0 unspecified atom stereocenters. The van der Waals surface area contributed by atoms with E-state index in [1.807, 2.05) is 0 Å². The highest BCUT2D eigenvalue weighted by molar-refractivity contribution is 7.18. The number of amides is 1. The zero-order valence-corrected chi connectivity index (χ0v) is 11.3. The van der Waals surface area contributed by atoms with E-state index >= 15 is 0 Å². The lowest BCUT2D eigenvalue weighted by Gasteiger charge is -2.20. The van der Waals surface area contributed by atoms with Gasteiger partial charge in [-0.3, -0.25) is 4.79 Å². The minimum atomic E-state index is -4.31. The standard InChI is InChI=1S/C12H14F3N3OS/c1-2-5-17-10(19)9-7(16)6-8(20-9)18-11(3-4-11)12(13,14)15/h2,6,18H,1,3-5,16H2,(H,17,19). The van der Waals surface area contributed by atoms with Crippen LogP contribution in [0.4, 0.5) is 23.9 Å². The molecule has 0 bridgehead atoms. The minimum Gasteiger partial charge on any atom is -0.397 e. The second-order valence-electron chi connectivity index (χ2n) is 4.60. The van der Waals surface area contributed by atoms with Crippen molar-refractivity contribution in [2.45, 2.75) is 24.6 Å². The summed E-state index contributed by atoms with van der Waals surface area (Å²) in [5, 5.41) is 5.24. The van der Waals surface area contributed by atoms with E-state index in [-0.39, 0.29) is 35.0 Å². The first-order valence-electron chi connectivity index (χ1n) is 5.92. The molecule has 0 aliphatic heterocycles. The zero-order chi connectivity index (χ0) is 15.0. The van der Waals surface area contributed by atoms with Gasteiger partial charge >= 0.3 is 6.18 Å². The van der Waals surface area contributed by atoms with Gasteiger partial charge in [0.05, 0.1) is 10.7 Å². The number of thiophene rings is 1. The van der Waals surface area contributed by atoms with E-state index in [2.05, 4.69) is 17.2 Å². The van der Waals surface area contributed by atoms with Crippen molar-refractivity contribution in [3.8, 4) is 0 Å². The molecule has 1 amide bonds. The van der Waals surface area contributed by atoms with Crippen LogP contribution in [0, 0.1) is 0 Å². The summed E-state index contributed by atoms with van der Waals surface area (Å²) < 4.78 is 38.5. The van der Waals surface area contributed by atoms with E-state index in [4.69, 9.17) is 5.73 Å². The largest absolute Gasteiger partial charge is 0.411 e. The monoisotopic (exact) mass is 305 g/mol. The van der Waals surface area contributed by atoms with Crippen LogP contribution < -0.4 is 16.4 Å². The van der Waals surface area contributed by atoms with Crippen LogP contribution in [0.1, 0.15) is 22.5 Å². The quantitative estimate of drug-likeness (QED) is 0.733. The Morgan fingerprint density at radius 2 is 2.20 bits per heavy atom. The van der Waals surface area contributed by atoms with Crippen molar-refractivity contribution in [2.24, 2.45) is 0 Å². The van der Waals surface area contributed by atoms with Gasteiger partial charge in [0, 0.05) is 6.54 Å². The summed E-state index contributed by atoms with van der Waals surface area (Å²) in [5.41, 5.74) is 3.97. The lowest BCUT2D eigenvalue weighted by molar-refractivity contribution is -0.151. The van der Waals surface area contributed by atoms with E-state index < -0.39 is 17.6 Å². The maximum Gasteiger partial charge on any atom is 0.411 e. The number of alkyl halides is 3. The first kappa shape index (κ1) is 14.7. The lowest BCUT2D eigenvalue weighted by Crippen LogP contribution is -2.38. The molecule has 0 radical (unpaired) electrons. The number of carbonyl (C=O) groups excluding carboxylic acids is 1. The van der Waals surface area contributed by atoms with Crippen molar-refractivity contribution in [1.29, 1.82) is 0 Å². The van der Waals surface area contributed by atoms with Crippen LogP contribution in [0.15, 0.2) is 18.7 Å². The molecule has 1 aliphatic carbocycles. The van der Waals surface area contributed by atoms with E-state index in [1.54, 1.807) is 0 Å². The zero-order valence-electron chi connectivity index (χ0n) is 10.5. The van der Waals surface area contributed by atoms with Crippen molar-refractivity contribution >= 4 is 27.9 Å². The molecule has 4 nitrogen and oxygen atoms in total. The van der Waals surface area contributed by atoms with Crippen molar-refractivity contribution in [3.63, 3.8) is 0 Å². The number of halogens is 3. The topological polar surface area (TPSA) is 67.2 Å². The van der Waals surface area contributed by atoms with E-state index in [9.17, 15) is 18.0 Å². The Kier molecular flexibility index (Phi) is 3.68. The van der Waals surface area contributed by atoms with E-state index in [0.717, 1.165) is 11.3 Å². The Balaban J connectivity index is 2.12. The highest BCUT2D eigenvalue weighted by atomic mass is 32.1. The predicted molar refractivity (Wildman–Crippen MR) is 72.9 cm³/mol. The van der Waals surface area contributed by atoms with Gasteiger partial charge in [0.2, 0.25) is 0 Å².